The fourth-order valence-corrected chi connectivity index (χ4v) is 5.36. The van der Waals surface area contributed by atoms with E-state index >= 15 is 0 Å². The number of nitrogens with one attached hydrogen (secondary N) is 2. The molecule has 1 aromatic carbocycles. The van der Waals surface area contributed by atoms with Gasteiger partial charge in [0, 0.05) is 44.2 Å². The first kappa shape index (κ1) is 23.4. The van der Waals surface area contributed by atoms with Gasteiger partial charge in [0.15, 0.2) is 0 Å². The zero-order valence-electron chi connectivity index (χ0n) is 17.4. The number of nitrogens with zero attached hydrogens (tertiary/aromatic N) is 1. The number of halogens is 1. The molecule has 2 N–H and O–H groups in total. The smallest absolute Gasteiger partial charge is 0.252 e. The van der Waals surface area contributed by atoms with Gasteiger partial charge in [0.25, 0.3) is 5.91 Å². The number of sulfonamides is 1. The standard InChI is InChI=1S/C20H30ClN3O5S/c1-14(2)23-30(26,27)16-3-4-18(21)17(11-16)20(25)22-12-19(15-5-8-29-13-15)24-6-9-28-10-7-24/h3-4,11,14-15,19,23H,5-10,12-13H2,1-2H3,(H,22,25). The molecule has 2 aliphatic heterocycles. The lowest BCUT2D eigenvalue weighted by atomic mass is 9.96. The molecule has 168 valence electrons. The van der Waals surface area contributed by atoms with E-state index in [4.69, 9.17) is 21.1 Å². The third kappa shape index (κ3) is 5.93. The highest BCUT2D eigenvalue weighted by Gasteiger charge is 2.32. The van der Waals surface area contributed by atoms with Crippen molar-refractivity contribution in [1.82, 2.24) is 14.9 Å². The number of benzene rings is 1. The van der Waals surface area contributed by atoms with Crippen LogP contribution in [0.1, 0.15) is 30.6 Å². The Balaban J connectivity index is 1.73. The number of carbonyl (C=O) groups excluding carboxylic acids is 1. The van der Waals surface area contributed by atoms with E-state index < -0.39 is 15.9 Å². The van der Waals surface area contributed by atoms with Gasteiger partial charge in [-0.2, -0.15) is 0 Å². The lowest BCUT2D eigenvalue weighted by molar-refractivity contribution is 0.00166. The Hall–Kier alpha value is -1.23. The Bertz CT molecular complexity index is 837. The maximum absolute atomic E-state index is 12.9. The lowest BCUT2D eigenvalue weighted by Gasteiger charge is -2.37. The second-order valence-corrected chi connectivity index (χ2v) is 10.1. The normalized spacial score (nSPS) is 21.7. The summed E-state index contributed by atoms with van der Waals surface area (Å²) >= 11 is 6.22. The number of amides is 1. The summed E-state index contributed by atoms with van der Waals surface area (Å²) in [7, 11) is -3.72. The van der Waals surface area contributed by atoms with Crippen LogP contribution in [-0.2, 0) is 19.5 Å². The van der Waals surface area contributed by atoms with Crippen LogP contribution >= 0.6 is 11.6 Å². The Morgan fingerprint density at radius 3 is 2.60 bits per heavy atom. The topological polar surface area (TPSA) is 97.0 Å². The van der Waals surface area contributed by atoms with Crippen molar-refractivity contribution in [3.8, 4) is 0 Å². The Morgan fingerprint density at radius 2 is 1.97 bits per heavy atom. The quantitative estimate of drug-likeness (QED) is 0.611. The predicted octanol–water partition coefficient (Wildman–Crippen LogP) is 1.49. The van der Waals surface area contributed by atoms with E-state index in [-0.39, 0.29) is 27.6 Å². The van der Waals surface area contributed by atoms with Crippen molar-refractivity contribution in [2.45, 2.75) is 37.2 Å². The molecule has 2 fully saturated rings. The predicted molar refractivity (Wildman–Crippen MR) is 114 cm³/mol. The van der Waals surface area contributed by atoms with Gasteiger partial charge in [-0.1, -0.05) is 11.6 Å². The molecule has 1 aromatic rings. The van der Waals surface area contributed by atoms with E-state index in [9.17, 15) is 13.2 Å². The molecule has 0 aromatic heterocycles. The summed E-state index contributed by atoms with van der Waals surface area (Å²) in [6, 6.07) is 4.04. The number of rotatable bonds is 8. The van der Waals surface area contributed by atoms with Crippen LogP contribution in [0.15, 0.2) is 23.1 Å². The summed E-state index contributed by atoms with van der Waals surface area (Å²) in [5.74, 6) is -0.0559. The van der Waals surface area contributed by atoms with Crippen molar-refractivity contribution in [3.63, 3.8) is 0 Å². The zero-order valence-corrected chi connectivity index (χ0v) is 19.0. The zero-order chi connectivity index (χ0) is 21.7. The first-order valence-electron chi connectivity index (χ1n) is 10.3. The van der Waals surface area contributed by atoms with E-state index in [1.807, 2.05) is 0 Å². The van der Waals surface area contributed by atoms with Crippen LogP contribution in [0.5, 0.6) is 0 Å². The summed E-state index contributed by atoms with van der Waals surface area (Å²) in [6.07, 6.45) is 0.952. The summed E-state index contributed by atoms with van der Waals surface area (Å²) in [4.78, 5) is 15.2. The second kappa shape index (κ2) is 10.4. The third-order valence-corrected chi connectivity index (χ3v) is 7.36. The van der Waals surface area contributed by atoms with Crippen molar-refractivity contribution in [3.05, 3.63) is 28.8 Å². The number of hydrogen-bond donors (Lipinski definition) is 2. The SMILES string of the molecule is CC(C)NS(=O)(=O)c1ccc(Cl)c(C(=O)NCC(C2CCOC2)N2CCOCC2)c1. The molecule has 1 amide bonds. The van der Waals surface area contributed by atoms with Crippen molar-refractivity contribution < 1.29 is 22.7 Å². The molecule has 0 bridgehead atoms. The highest BCUT2D eigenvalue weighted by Crippen LogP contribution is 2.23. The molecule has 0 spiro atoms. The Morgan fingerprint density at radius 1 is 1.23 bits per heavy atom. The molecule has 2 aliphatic rings. The van der Waals surface area contributed by atoms with Crippen LogP contribution < -0.4 is 10.0 Å². The Labute approximate surface area is 183 Å². The van der Waals surface area contributed by atoms with Crippen LogP contribution in [0.25, 0.3) is 0 Å². The lowest BCUT2D eigenvalue weighted by Crippen LogP contribution is -2.52. The van der Waals surface area contributed by atoms with Gasteiger partial charge in [-0.25, -0.2) is 13.1 Å². The van der Waals surface area contributed by atoms with Crippen LogP contribution in [-0.4, -0.2) is 77.4 Å². The molecule has 0 radical (unpaired) electrons. The molecular weight excluding hydrogens is 430 g/mol. The van der Waals surface area contributed by atoms with E-state index in [1.165, 1.54) is 18.2 Å². The molecule has 8 nitrogen and oxygen atoms in total. The number of ether oxygens (including phenoxy) is 2. The van der Waals surface area contributed by atoms with Crippen molar-refractivity contribution in [2.24, 2.45) is 5.92 Å². The summed E-state index contributed by atoms with van der Waals surface area (Å²) < 4.78 is 38.4. The largest absolute Gasteiger partial charge is 0.381 e. The average molecular weight is 460 g/mol. The molecular formula is C20H30ClN3O5S. The minimum Gasteiger partial charge on any atom is -0.381 e. The van der Waals surface area contributed by atoms with Gasteiger partial charge >= 0.3 is 0 Å². The minimum absolute atomic E-state index is 0.0136. The molecule has 0 saturated carbocycles. The van der Waals surface area contributed by atoms with Crippen LogP contribution in [0.3, 0.4) is 0 Å². The van der Waals surface area contributed by atoms with E-state index in [0.717, 1.165) is 26.1 Å². The summed E-state index contributed by atoms with van der Waals surface area (Å²) in [5.41, 5.74) is 0.145. The molecule has 30 heavy (non-hydrogen) atoms. The van der Waals surface area contributed by atoms with Gasteiger partial charge in [0.2, 0.25) is 10.0 Å². The average Bonchev–Trinajstić information content (AvgIpc) is 3.22. The van der Waals surface area contributed by atoms with Crippen LogP contribution in [0.2, 0.25) is 5.02 Å². The highest BCUT2D eigenvalue weighted by molar-refractivity contribution is 7.89. The highest BCUT2D eigenvalue weighted by atomic mass is 35.5. The van der Waals surface area contributed by atoms with Gasteiger partial charge in [0.05, 0.1) is 35.3 Å². The first-order chi connectivity index (χ1) is 14.3. The Kier molecular flexibility index (Phi) is 8.11. The summed E-state index contributed by atoms with van der Waals surface area (Å²) in [6.45, 7) is 8.28. The van der Waals surface area contributed by atoms with E-state index in [0.29, 0.717) is 32.3 Å². The minimum atomic E-state index is -3.72. The molecule has 3 rings (SSSR count). The molecule has 10 heteroatoms. The second-order valence-electron chi connectivity index (χ2n) is 7.97. The van der Waals surface area contributed by atoms with Crippen LogP contribution in [0, 0.1) is 5.92 Å². The third-order valence-electron chi connectivity index (χ3n) is 5.38. The molecule has 2 unspecified atom stereocenters. The van der Waals surface area contributed by atoms with Crippen molar-refractivity contribution >= 4 is 27.5 Å². The van der Waals surface area contributed by atoms with E-state index in [1.54, 1.807) is 13.8 Å². The van der Waals surface area contributed by atoms with Gasteiger partial charge in [-0.05, 0) is 38.5 Å². The molecule has 0 aliphatic carbocycles. The van der Waals surface area contributed by atoms with Crippen molar-refractivity contribution in [1.29, 1.82) is 0 Å². The fourth-order valence-electron chi connectivity index (χ4n) is 3.88. The first-order valence-corrected chi connectivity index (χ1v) is 12.1. The van der Waals surface area contributed by atoms with Gasteiger partial charge in [-0.3, -0.25) is 9.69 Å². The monoisotopic (exact) mass is 459 g/mol. The van der Waals surface area contributed by atoms with Gasteiger partial charge in [-0.15, -0.1) is 0 Å². The maximum atomic E-state index is 12.9. The molecule has 2 heterocycles. The van der Waals surface area contributed by atoms with Gasteiger partial charge < -0.3 is 14.8 Å². The van der Waals surface area contributed by atoms with Crippen molar-refractivity contribution in [2.75, 3.05) is 46.1 Å². The maximum Gasteiger partial charge on any atom is 0.252 e. The molecule has 2 atom stereocenters. The summed E-state index contributed by atoms with van der Waals surface area (Å²) in [5, 5.41) is 3.17. The number of morpholine rings is 1. The van der Waals surface area contributed by atoms with Crippen LogP contribution in [0.4, 0.5) is 0 Å². The molecule has 2 saturated heterocycles. The fraction of sp³-hybridized carbons (Fsp3) is 0.650. The van der Waals surface area contributed by atoms with Gasteiger partial charge in [0.1, 0.15) is 0 Å². The number of hydrogen-bond acceptors (Lipinski definition) is 6. The number of carbonyl (C=O) groups is 1. The van der Waals surface area contributed by atoms with E-state index in [2.05, 4.69) is 14.9 Å².